The molecule has 9 heteroatoms. The van der Waals surface area contributed by atoms with Crippen molar-refractivity contribution in [2.75, 3.05) is 12.0 Å². The number of methoxy groups -OCH3 is 1. The van der Waals surface area contributed by atoms with Crippen LogP contribution in [0.2, 0.25) is 5.02 Å². The zero-order chi connectivity index (χ0) is 31.9. The minimum atomic E-state index is -1.05. The van der Waals surface area contributed by atoms with Gasteiger partial charge in [0.1, 0.15) is 5.75 Å². The first kappa shape index (κ1) is 28.6. The summed E-state index contributed by atoms with van der Waals surface area (Å²) in [6, 6.07) is 20.3. The minimum Gasteiger partial charge on any atom is -0.497 e. The molecule has 3 fully saturated rings. The lowest BCUT2D eigenvalue weighted by molar-refractivity contribution is -0.124. The number of aromatic nitrogens is 1. The van der Waals surface area contributed by atoms with Gasteiger partial charge >= 0.3 is 5.97 Å². The number of benzene rings is 3. The van der Waals surface area contributed by atoms with Gasteiger partial charge in [-0.05, 0) is 97.7 Å². The van der Waals surface area contributed by atoms with Crippen LogP contribution in [0.3, 0.4) is 0 Å². The fraction of sp³-hybridized carbons (Fsp3) is 0.270. The maximum atomic E-state index is 13.6. The molecule has 1 aromatic heterocycles. The Bertz CT molecular complexity index is 1950. The van der Waals surface area contributed by atoms with E-state index in [0.29, 0.717) is 56.0 Å². The summed E-state index contributed by atoms with van der Waals surface area (Å²) in [5, 5.41) is 0.906. The predicted octanol–water partition coefficient (Wildman–Crippen LogP) is 6.55. The van der Waals surface area contributed by atoms with E-state index in [1.54, 1.807) is 72.8 Å². The van der Waals surface area contributed by atoms with Crippen molar-refractivity contribution < 1.29 is 28.7 Å². The zero-order valence-corrected chi connectivity index (χ0v) is 25.8. The molecule has 0 N–H and O–H groups in total. The van der Waals surface area contributed by atoms with Crippen molar-refractivity contribution in [3.8, 4) is 17.0 Å². The highest BCUT2D eigenvalue weighted by molar-refractivity contribution is 6.31. The molecule has 2 heterocycles. The third-order valence-corrected chi connectivity index (χ3v) is 10.3. The largest absolute Gasteiger partial charge is 0.497 e. The summed E-state index contributed by atoms with van der Waals surface area (Å²) < 4.78 is 10.8. The summed E-state index contributed by atoms with van der Waals surface area (Å²) in [7, 11) is 1.54. The molecule has 0 spiro atoms. The van der Waals surface area contributed by atoms with E-state index in [2.05, 4.69) is 12.2 Å². The van der Waals surface area contributed by atoms with Crippen LogP contribution in [0.25, 0.3) is 22.2 Å². The molecule has 2 amide bonds. The second kappa shape index (κ2) is 10.6. The highest BCUT2D eigenvalue weighted by Gasteiger charge is 2.67. The van der Waals surface area contributed by atoms with Crippen molar-refractivity contribution in [3.63, 3.8) is 0 Å². The Morgan fingerprint density at radius 1 is 0.891 bits per heavy atom. The van der Waals surface area contributed by atoms with Crippen LogP contribution < -0.4 is 9.64 Å². The smallest absolute Gasteiger partial charge is 0.339 e. The van der Waals surface area contributed by atoms with Crippen molar-refractivity contribution in [2.24, 2.45) is 35.5 Å². The SMILES string of the molecule is COc1ccc(C(=O)C(C)OC(=O)c2cc(-c3ccc(N4C(=O)C5C6C=CC(C7CC67)C5C4=O)cc3)nc3ccc(Cl)cc23)cc1. The maximum absolute atomic E-state index is 13.6. The first-order chi connectivity index (χ1) is 22.2. The van der Waals surface area contributed by atoms with Gasteiger partial charge in [-0.15, -0.1) is 0 Å². The first-order valence-corrected chi connectivity index (χ1v) is 15.8. The molecular weight excluding hydrogens is 604 g/mol. The number of ether oxygens (including phenoxy) is 2. The van der Waals surface area contributed by atoms with E-state index in [1.165, 1.54) is 18.9 Å². The van der Waals surface area contributed by atoms with Crippen molar-refractivity contribution in [1.29, 1.82) is 0 Å². The Morgan fingerprint density at radius 2 is 1.54 bits per heavy atom. The molecule has 4 aliphatic carbocycles. The van der Waals surface area contributed by atoms with Gasteiger partial charge in [-0.2, -0.15) is 0 Å². The number of rotatable bonds is 7. The van der Waals surface area contributed by atoms with Crippen LogP contribution in [-0.2, 0) is 14.3 Å². The molecular formula is C37H29ClN2O6. The van der Waals surface area contributed by atoms with Gasteiger partial charge < -0.3 is 9.47 Å². The number of pyridine rings is 1. The molecule has 7 atom stereocenters. The molecule has 8 nitrogen and oxygen atoms in total. The van der Waals surface area contributed by atoms with Gasteiger partial charge in [0.05, 0.1) is 41.4 Å². The number of imide groups is 1. The highest BCUT2D eigenvalue weighted by atomic mass is 35.5. The molecule has 46 heavy (non-hydrogen) atoms. The number of halogens is 1. The number of hydrogen-bond donors (Lipinski definition) is 0. The Morgan fingerprint density at radius 3 is 2.17 bits per heavy atom. The van der Waals surface area contributed by atoms with Gasteiger partial charge in [0, 0.05) is 21.5 Å². The van der Waals surface area contributed by atoms with E-state index >= 15 is 0 Å². The number of Topliss-reactive ketones (excluding diaryl/α,β-unsaturated/α-hetero) is 1. The van der Waals surface area contributed by atoms with Crippen molar-refractivity contribution in [2.45, 2.75) is 19.4 Å². The van der Waals surface area contributed by atoms with Gasteiger partial charge in [-0.1, -0.05) is 35.9 Å². The molecule has 3 aromatic carbocycles. The number of amides is 2. The molecule has 5 aliphatic rings. The van der Waals surface area contributed by atoms with Crippen molar-refractivity contribution >= 4 is 51.8 Å². The van der Waals surface area contributed by atoms with Crippen LogP contribution in [0.1, 0.15) is 34.1 Å². The lowest BCUT2D eigenvalue weighted by atomic mass is 9.63. The Kier molecular flexibility index (Phi) is 6.62. The molecule has 7 unspecified atom stereocenters. The first-order valence-electron chi connectivity index (χ1n) is 15.4. The Labute approximate surface area is 270 Å². The zero-order valence-electron chi connectivity index (χ0n) is 25.1. The lowest BCUT2D eigenvalue weighted by Crippen LogP contribution is -2.40. The number of fused-ring (bicyclic) bond motifs is 1. The summed E-state index contributed by atoms with van der Waals surface area (Å²) in [6.45, 7) is 1.53. The average molecular weight is 633 g/mol. The summed E-state index contributed by atoms with van der Waals surface area (Å²) in [5.41, 5.74) is 2.80. The maximum Gasteiger partial charge on any atom is 0.339 e. The topological polar surface area (TPSA) is 103 Å². The normalized spacial score (nSPS) is 26.1. The molecule has 1 saturated heterocycles. The van der Waals surface area contributed by atoms with Gasteiger partial charge in [0.15, 0.2) is 6.10 Å². The number of carbonyl (C=O) groups excluding carboxylic acids is 4. The summed E-state index contributed by atoms with van der Waals surface area (Å²) in [6.07, 6.45) is 4.38. The van der Waals surface area contributed by atoms with Gasteiger partial charge in [-0.25, -0.2) is 9.78 Å². The molecule has 0 radical (unpaired) electrons. The average Bonchev–Trinajstić information content (AvgIpc) is 3.86. The number of nitrogens with zero attached hydrogens (tertiary/aromatic N) is 2. The van der Waals surface area contributed by atoms with Crippen LogP contribution in [0, 0.1) is 35.5 Å². The summed E-state index contributed by atoms with van der Waals surface area (Å²) >= 11 is 6.29. The van der Waals surface area contributed by atoms with Crippen LogP contribution in [-0.4, -0.2) is 41.8 Å². The van der Waals surface area contributed by atoms with E-state index in [-0.39, 0.29) is 46.8 Å². The van der Waals surface area contributed by atoms with Crippen LogP contribution in [0.5, 0.6) is 5.75 Å². The summed E-state index contributed by atoms with van der Waals surface area (Å²) in [5.74, 6) is 0.176. The molecule has 2 saturated carbocycles. The lowest BCUT2D eigenvalue weighted by Gasteiger charge is -2.37. The Balaban J connectivity index is 1.07. The number of anilines is 1. The van der Waals surface area contributed by atoms with E-state index in [9.17, 15) is 19.2 Å². The van der Waals surface area contributed by atoms with Crippen LogP contribution >= 0.6 is 11.6 Å². The molecule has 4 aromatic rings. The van der Waals surface area contributed by atoms with Gasteiger partial charge in [0.25, 0.3) is 0 Å². The highest BCUT2D eigenvalue weighted by Crippen LogP contribution is 2.65. The monoisotopic (exact) mass is 632 g/mol. The third kappa shape index (κ3) is 4.46. The molecule has 9 rings (SSSR count). The van der Waals surface area contributed by atoms with Crippen LogP contribution in [0.15, 0.2) is 84.9 Å². The third-order valence-electron chi connectivity index (χ3n) is 10.1. The van der Waals surface area contributed by atoms with Gasteiger partial charge in [0.2, 0.25) is 17.6 Å². The fourth-order valence-electron chi connectivity index (χ4n) is 7.78. The molecule has 1 aliphatic heterocycles. The Hall–Kier alpha value is -4.82. The summed E-state index contributed by atoms with van der Waals surface area (Å²) in [4.78, 5) is 59.9. The van der Waals surface area contributed by atoms with Crippen LogP contribution in [0.4, 0.5) is 5.69 Å². The van der Waals surface area contributed by atoms with E-state index in [0.717, 1.165) is 6.42 Å². The molecule has 230 valence electrons. The number of allylic oxidation sites excluding steroid dienone is 2. The van der Waals surface area contributed by atoms with E-state index < -0.39 is 12.1 Å². The number of hydrogen-bond acceptors (Lipinski definition) is 7. The quantitative estimate of drug-likeness (QED) is 0.0985. The second-order valence-electron chi connectivity index (χ2n) is 12.6. The molecule has 2 bridgehead atoms. The standard InChI is InChI=1S/C37H29ClN2O6/c1-18(34(41)20-5-10-23(45-2)11-6-20)46-37(44)29-17-31(39-30-14-7-21(38)15-28(29)30)19-3-8-22(9-4-19)40-35(42)32-24-12-13-25(27-16-26(24)27)33(32)36(40)43/h3-15,17-18,24-27,32-33H,16H2,1-2H3. The fourth-order valence-corrected chi connectivity index (χ4v) is 7.95. The van der Waals surface area contributed by atoms with Gasteiger partial charge in [-0.3, -0.25) is 19.3 Å². The predicted molar refractivity (Wildman–Crippen MR) is 172 cm³/mol. The van der Waals surface area contributed by atoms with E-state index in [4.69, 9.17) is 26.1 Å². The minimum absolute atomic E-state index is 0.114. The number of esters is 1. The number of carbonyl (C=O) groups is 4. The van der Waals surface area contributed by atoms with Crippen molar-refractivity contribution in [1.82, 2.24) is 4.98 Å². The van der Waals surface area contributed by atoms with Crippen molar-refractivity contribution in [3.05, 3.63) is 101 Å². The second-order valence-corrected chi connectivity index (χ2v) is 13.0. The number of ketones is 1. The van der Waals surface area contributed by atoms with E-state index in [1.807, 2.05) is 0 Å².